The van der Waals surface area contributed by atoms with Crippen LogP contribution in [0.5, 0.6) is 0 Å². The van der Waals surface area contributed by atoms with Crippen LogP contribution in [0.1, 0.15) is 69.7 Å². The van der Waals surface area contributed by atoms with Gasteiger partial charge in [0.2, 0.25) is 0 Å². The fourth-order valence-electron chi connectivity index (χ4n) is 4.09. The first-order valence-corrected chi connectivity index (χ1v) is 10.4. The lowest BCUT2D eigenvalue weighted by atomic mass is 10.0. The predicted molar refractivity (Wildman–Crippen MR) is 108 cm³/mol. The molecule has 1 unspecified atom stereocenters. The van der Waals surface area contributed by atoms with Crippen LogP contribution < -0.4 is 0 Å². The van der Waals surface area contributed by atoms with Crippen molar-refractivity contribution in [2.24, 2.45) is 0 Å². The van der Waals surface area contributed by atoms with Gasteiger partial charge in [-0.25, -0.2) is 0 Å². The second-order valence-corrected chi connectivity index (χ2v) is 9.14. The minimum Gasteiger partial charge on any atom is -0.298 e. The van der Waals surface area contributed by atoms with Gasteiger partial charge in [-0.3, -0.25) is 19.2 Å². The number of rotatable bonds is 7. The largest absolute Gasteiger partial charge is 0.298 e. The van der Waals surface area contributed by atoms with E-state index in [1.807, 2.05) is 6.20 Å². The Morgan fingerprint density at radius 1 is 0.852 bits per heavy atom. The zero-order chi connectivity index (χ0) is 19.1. The smallest absolute Gasteiger partial charge is 0.0773 e. The SMILES string of the molecule is CC(C)c1cnn(C2CN(CC(C)c3cnn(C4CN(C(C)C)C4)c3)C2)c1. The highest BCUT2D eigenvalue weighted by Crippen LogP contribution is 2.28. The summed E-state index contributed by atoms with van der Waals surface area (Å²) in [5.41, 5.74) is 2.70. The van der Waals surface area contributed by atoms with Crippen molar-refractivity contribution in [3.05, 3.63) is 35.9 Å². The Hall–Kier alpha value is -1.66. The molecule has 0 amide bonds. The zero-order valence-electron chi connectivity index (χ0n) is 17.4. The topological polar surface area (TPSA) is 42.1 Å². The van der Waals surface area contributed by atoms with Gasteiger partial charge in [-0.2, -0.15) is 10.2 Å². The maximum absolute atomic E-state index is 4.64. The molecule has 0 spiro atoms. The third-order valence-corrected chi connectivity index (χ3v) is 6.32. The molecule has 2 fully saturated rings. The maximum atomic E-state index is 4.64. The van der Waals surface area contributed by atoms with Gasteiger partial charge in [0.1, 0.15) is 0 Å². The lowest BCUT2D eigenvalue weighted by Crippen LogP contribution is -2.51. The van der Waals surface area contributed by atoms with Crippen molar-refractivity contribution in [2.75, 3.05) is 32.7 Å². The highest BCUT2D eigenvalue weighted by Gasteiger charge is 2.32. The van der Waals surface area contributed by atoms with Gasteiger partial charge in [-0.15, -0.1) is 0 Å². The van der Waals surface area contributed by atoms with E-state index in [4.69, 9.17) is 0 Å². The number of nitrogens with zero attached hydrogens (tertiary/aromatic N) is 6. The van der Waals surface area contributed by atoms with E-state index in [1.165, 1.54) is 11.1 Å². The van der Waals surface area contributed by atoms with E-state index >= 15 is 0 Å². The van der Waals surface area contributed by atoms with Crippen LogP contribution in [0.3, 0.4) is 0 Å². The Kier molecular flexibility index (Phi) is 5.12. The van der Waals surface area contributed by atoms with E-state index in [9.17, 15) is 0 Å². The van der Waals surface area contributed by atoms with Crippen molar-refractivity contribution in [3.63, 3.8) is 0 Å². The first-order valence-electron chi connectivity index (χ1n) is 10.4. The van der Waals surface area contributed by atoms with Gasteiger partial charge < -0.3 is 0 Å². The van der Waals surface area contributed by atoms with Crippen LogP contribution in [0.4, 0.5) is 0 Å². The van der Waals surface area contributed by atoms with E-state index in [1.54, 1.807) is 0 Å². The third kappa shape index (κ3) is 3.83. The Bertz CT molecular complexity index is 748. The molecule has 4 rings (SSSR count). The van der Waals surface area contributed by atoms with Crippen LogP contribution in [0.15, 0.2) is 24.8 Å². The minimum atomic E-state index is 0.518. The average Bonchev–Trinajstić information content (AvgIpc) is 3.17. The van der Waals surface area contributed by atoms with Gasteiger partial charge in [-0.1, -0.05) is 20.8 Å². The molecule has 2 saturated heterocycles. The van der Waals surface area contributed by atoms with Crippen molar-refractivity contribution in [1.82, 2.24) is 29.4 Å². The second-order valence-electron chi connectivity index (χ2n) is 9.14. The summed E-state index contributed by atoms with van der Waals surface area (Å²) in [5.74, 6) is 1.07. The molecule has 2 aliphatic rings. The molecule has 2 aliphatic heterocycles. The normalized spacial score (nSPS) is 21.0. The van der Waals surface area contributed by atoms with Gasteiger partial charge >= 0.3 is 0 Å². The molecule has 2 aromatic rings. The van der Waals surface area contributed by atoms with Crippen LogP contribution >= 0.6 is 0 Å². The van der Waals surface area contributed by atoms with Crippen molar-refractivity contribution in [3.8, 4) is 0 Å². The second kappa shape index (κ2) is 7.40. The van der Waals surface area contributed by atoms with Crippen molar-refractivity contribution in [1.29, 1.82) is 0 Å². The van der Waals surface area contributed by atoms with Crippen LogP contribution in [0, 0.1) is 0 Å². The first kappa shape index (κ1) is 18.7. The lowest BCUT2D eigenvalue weighted by molar-refractivity contribution is 0.0674. The maximum Gasteiger partial charge on any atom is 0.0773 e. The molecule has 6 nitrogen and oxygen atoms in total. The Morgan fingerprint density at radius 3 is 1.96 bits per heavy atom. The van der Waals surface area contributed by atoms with Crippen molar-refractivity contribution >= 4 is 0 Å². The Balaban J connectivity index is 1.25. The Labute approximate surface area is 163 Å². The van der Waals surface area contributed by atoms with Crippen LogP contribution in [-0.2, 0) is 0 Å². The van der Waals surface area contributed by atoms with Gasteiger partial charge in [0, 0.05) is 51.2 Å². The van der Waals surface area contributed by atoms with Crippen LogP contribution in [0.2, 0.25) is 0 Å². The highest BCUT2D eigenvalue weighted by atomic mass is 15.4. The lowest BCUT2D eigenvalue weighted by Gasteiger charge is -2.42. The van der Waals surface area contributed by atoms with E-state index in [0.29, 0.717) is 30.0 Å². The molecule has 0 radical (unpaired) electrons. The number of hydrogen-bond acceptors (Lipinski definition) is 4. The summed E-state index contributed by atoms with van der Waals surface area (Å²) < 4.78 is 4.34. The summed E-state index contributed by atoms with van der Waals surface area (Å²) >= 11 is 0. The minimum absolute atomic E-state index is 0.518. The summed E-state index contributed by atoms with van der Waals surface area (Å²) in [6.45, 7) is 16.9. The fourth-order valence-corrected chi connectivity index (χ4v) is 4.09. The average molecular weight is 371 g/mol. The molecule has 1 atom stereocenters. The summed E-state index contributed by atoms with van der Waals surface area (Å²) in [5, 5.41) is 9.20. The molecule has 0 bridgehead atoms. The zero-order valence-corrected chi connectivity index (χ0v) is 17.4. The standard InChI is InChI=1S/C21H34N6/c1-15(2)18-6-22-26(9-18)20-11-24(12-20)8-17(5)19-7-23-27(10-19)21-13-25(14-21)16(3)4/h6-7,9-10,15-17,20-21H,8,11-14H2,1-5H3. The molecule has 148 valence electrons. The van der Waals surface area contributed by atoms with Gasteiger partial charge in [0.05, 0.1) is 24.5 Å². The molecular weight excluding hydrogens is 336 g/mol. The molecule has 27 heavy (non-hydrogen) atoms. The molecule has 0 aliphatic carbocycles. The van der Waals surface area contributed by atoms with E-state index < -0.39 is 0 Å². The number of aromatic nitrogens is 4. The first-order chi connectivity index (χ1) is 12.9. The van der Waals surface area contributed by atoms with Gasteiger partial charge in [0.25, 0.3) is 0 Å². The summed E-state index contributed by atoms with van der Waals surface area (Å²) in [4.78, 5) is 5.03. The van der Waals surface area contributed by atoms with E-state index in [2.05, 4.69) is 82.6 Å². The third-order valence-electron chi connectivity index (χ3n) is 6.32. The van der Waals surface area contributed by atoms with E-state index in [0.717, 1.165) is 32.7 Å². The number of likely N-dealkylation sites (tertiary alicyclic amines) is 2. The molecular formula is C21H34N6. The van der Waals surface area contributed by atoms with Gasteiger partial charge in [0.15, 0.2) is 0 Å². The fraction of sp³-hybridized carbons (Fsp3) is 0.714. The van der Waals surface area contributed by atoms with E-state index in [-0.39, 0.29) is 0 Å². The molecule has 4 heterocycles. The van der Waals surface area contributed by atoms with Crippen molar-refractivity contribution < 1.29 is 0 Å². The number of hydrogen-bond donors (Lipinski definition) is 0. The summed E-state index contributed by atoms with van der Waals surface area (Å²) in [6.07, 6.45) is 8.58. The van der Waals surface area contributed by atoms with Crippen LogP contribution in [-0.4, -0.2) is 68.1 Å². The Morgan fingerprint density at radius 2 is 1.41 bits per heavy atom. The molecule has 6 heteroatoms. The molecule has 2 aromatic heterocycles. The summed E-state index contributed by atoms with van der Waals surface area (Å²) in [7, 11) is 0. The van der Waals surface area contributed by atoms with Crippen molar-refractivity contribution in [2.45, 2.75) is 64.6 Å². The predicted octanol–water partition coefficient (Wildman–Crippen LogP) is 3.13. The molecule has 0 N–H and O–H groups in total. The molecule has 0 aromatic carbocycles. The van der Waals surface area contributed by atoms with Crippen LogP contribution in [0.25, 0.3) is 0 Å². The highest BCUT2D eigenvalue weighted by molar-refractivity contribution is 5.13. The molecule has 0 saturated carbocycles. The quantitative estimate of drug-likeness (QED) is 0.751. The van der Waals surface area contributed by atoms with Gasteiger partial charge in [-0.05, 0) is 36.8 Å². The summed E-state index contributed by atoms with van der Waals surface area (Å²) in [6, 6.07) is 1.72. The monoisotopic (exact) mass is 370 g/mol.